The van der Waals surface area contributed by atoms with Crippen molar-refractivity contribution in [3.05, 3.63) is 0 Å². The minimum Gasteiger partial charge on any atom is -0.383 e. The first-order valence-electron chi connectivity index (χ1n) is 4.15. The molecule has 2 nitrogen and oxygen atoms in total. The van der Waals surface area contributed by atoms with Crippen LogP contribution < -0.4 is 5.32 Å². The summed E-state index contributed by atoms with van der Waals surface area (Å²) < 4.78 is 5.08. The summed E-state index contributed by atoms with van der Waals surface area (Å²) in [6.07, 6.45) is 0. The van der Waals surface area contributed by atoms with Gasteiger partial charge in [-0.2, -0.15) is 11.8 Å². The molecule has 0 aromatic carbocycles. The lowest BCUT2D eigenvalue weighted by Crippen LogP contribution is -2.35. The van der Waals surface area contributed by atoms with Crippen LogP contribution in [0.4, 0.5) is 0 Å². The van der Waals surface area contributed by atoms with Crippen LogP contribution >= 0.6 is 11.8 Å². The average Bonchev–Trinajstić information content (AvgIpc) is 2.01. The number of hydrogen-bond donors (Lipinski definition) is 1. The highest BCUT2D eigenvalue weighted by molar-refractivity contribution is 7.99. The fraction of sp³-hybridized carbons (Fsp3) is 1.00. The number of ether oxygens (including phenoxy) is 1. The predicted molar refractivity (Wildman–Crippen MR) is 52.3 cm³/mol. The van der Waals surface area contributed by atoms with Gasteiger partial charge in [0, 0.05) is 18.9 Å². The van der Waals surface area contributed by atoms with Gasteiger partial charge in [-0.25, -0.2) is 0 Å². The third kappa shape index (κ3) is 6.66. The van der Waals surface area contributed by atoms with Crippen molar-refractivity contribution in [3.8, 4) is 0 Å². The summed E-state index contributed by atoms with van der Waals surface area (Å²) in [6, 6.07) is 0.523. The molecule has 0 saturated heterocycles. The summed E-state index contributed by atoms with van der Waals surface area (Å²) in [4.78, 5) is 0. The lowest BCUT2D eigenvalue weighted by Gasteiger charge is -2.15. The van der Waals surface area contributed by atoms with Gasteiger partial charge in [0.1, 0.15) is 0 Å². The van der Waals surface area contributed by atoms with E-state index in [9.17, 15) is 0 Å². The van der Waals surface area contributed by atoms with Crippen LogP contribution in [0.25, 0.3) is 0 Å². The Kier molecular flexibility index (Phi) is 8.57. The molecule has 0 fully saturated rings. The molecule has 1 unspecified atom stereocenters. The summed E-state index contributed by atoms with van der Waals surface area (Å²) in [5.41, 5.74) is 0. The molecule has 0 heterocycles. The highest BCUT2D eigenvalue weighted by atomic mass is 32.2. The fourth-order valence-corrected chi connectivity index (χ4v) is 1.65. The molecule has 0 aliphatic heterocycles. The highest BCUT2D eigenvalue weighted by Crippen LogP contribution is 2.01. The minimum absolute atomic E-state index is 0.523. The Morgan fingerprint density at radius 2 is 2.18 bits per heavy atom. The molecule has 0 radical (unpaired) electrons. The van der Waals surface area contributed by atoms with Crippen molar-refractivity contribution in [1.82, 2.24) is 5.32 Å². The lowest BCUT2D eigenvalue weighted by atomic mass is 10.3. The molecule has 0 aliphatic rings. The average molecular weight is 177 g/mol. The quantitative estimate of drug-likeness (QED) is 0.634. The Bertz CT molecular complexity index is 74.5. The molecule has 0 spiro atoms. The van der Waals surface area contributed by atoms with E-state index in [4.69, 9.17) is 4.74 Å². The molecular weight excluding hydrogens is 158 g/mol. The summed E-state index contributed by atoms with van der Waals surface area (Å²) in [5.74, 6) is 2.34. The summed E-state index contributed by atoms with van der Waals surface area (Å²) in [7, 11) is 1.75. The molecule has 0 saturated carbocycles. The van der Waals surface area contributed by atoms with Crippen molar-refractivity contribution in [2.75, 3.05) is 31.8 Å². The monoisotopic (exact) mass is 177 g/mol. The normalized spacial score (nSPS) is 13.4. The zero-order valence-electron chi connectivity index (χ0n) is 7.72. The maximum Gasteiger partial charge on any atom is 0.0623 e. The van der Waals surface area contributed by atoms with Crippen LogP contribution in [-0.4, -0.2) is 37.8 Å². The smallest absolute Gasteiger partial charge is 0.0623 e. The van der Waals surface area contributed by atoms with Crippen LogP contribution in [0.3, 0.4) is 0 Å². The maximum atomic E-state index is 5.08. The van der Waals surface area contributed by atoms with Crippen LogP contribution in [0.1, 0.15) is 13.8 Å². The van der Waals surface area contributed by atoms with E-state index in [0.717, 1.165) is 18.9 Å². The van der Waals surface area contributed by atoms with E-state index in [1.807, 2.05) is 11.8 Å². The molecule has 0 rings (SSSR count). The zero-order chi connectivity index (χ0) is 8.53. The van der Waals surface area contributed by atoms with E-state index < -0.39 is 0 Å². The van der Waals surface area contributed by atoms with Gasteiger partial charge in [0.2, 0.25) is 0 Å². The predicted octanol–water partition coefficient (Wildman–Crippen LogP) is 1.36. The van der Waals surface area contributed by atoms with Crippen molar-refractivity contribution in [2.45, 2.75) is 19.9 Å². The van der Waals surface area contributed by atoms with Crippen LogP contribution in [0.5, 0.6) is 0 Å². The third-order valence-corrected chi connectivity index (χ3v) is 2.43. The number of nitrogens with one attached hydrogen (secondary N) is 1. The number of rotatable bonds is 7. The SMILES string of the molecule is CCNC(COC)CSCC. The minimum atomic E-state index is 0.523. The summed E-state index contributed by atoms with van der Waals surface area (Å²) in [5, 5.41) is 3.37. The zero-order valence-corrected chi connectivity index (χ0v) is 8.54. The number of hydrogen-bond acceptors (Lipinski definition) is 3. The van der Waals surface area contributed by atoms with Gasteiger partial charge in [-0.15, -0.1) is 0 Å². The summed E-state index contributed by atoms with van der Waals surface area (Å²) in [6.45, 7) is 6.15. The second-order valence-electron chi connectivity index (χ2n) is 2.37. The van der Waals surface area contributed by atoms with Gasteiger partial charge in [-0.3, -0.25) is 0 Å². The van der Waals surface area contributed by atoms with Crippen molar-refractivity contribution in [2.24, 2.45) is 0 Å². The number of likely N-dealkylation sites (N-methyl/N-ethyl adjacent to an activating group) is 1. The lowest BCUT2D eigenvalue weighted by molar-refractivity contribution is 0.174. The first-order chi connectivity index (χ1) is 5.35. The van der Waals surface area contributed by atoms with Crippen LogP contribution in [0.15, 0.2) is 0 Å². The molecule has 1 N–H and O–H groups in total. The first kappa shape index (κ1) is 11.3. The molecule has 0 aliphatic carbocycles. The Morgan fingerprint density at radius 3 is 2.64 bits per heavy atom. The van der Waals surface area contributed by atoms with Crippen LogP contribution in [0.2, 0.25) is 0 Å². The highest BCUT2D eigenvalue weighted by Gasteiger charge is 2.04. The Hall–Kier alpha value is 0.270. The van der Waals surface area contributed by atoms with Gasteiger partial charge < -0.3 is 10.1 Å². The largest absolute Gasteiger partial charge is 0.383 e. The van der Waals surface area contributed by atoms with Crippen molar-refractivity contribution < 1.29 is 4.74 Å². The van der Waals surface area contributed by atoms with Crippen molar-refractivity contribution in [3.63, 3.8) is 0 Å². The molecule has 3 heteroatoms. The standard InChI is InChI=1S/C8H19NOS/c1-4-9-8(6-10-3)7-11-5-2/h8-9H,4-7H2,1-3H3. The number of methoxy groups -OCH3 is 1. The Morgan fingerprint density at radius 1 is 1.45 bits per heavy atom. The van der Waals surface area contributed by atoms with E-state index in [1.165, 1.54) is 5.75 Å². The number of thioether (sulfide) groups is 1. The second kappa shape index (κ2) is 8.37. The van der Waals surface area contributed by atoms with E-state index >= 15 is 0 Å². The first-order valence-corrected chi connectivity index (χ1v) is 5.30. The fourth-order valence-electron chi connectivity index (χ4n) is 0.916. The van der Waals surface area contributed by atoms with Crippen molar-refractivity contribution in [1.29, 1.82) is 0 Å². The van der Waals surface area contributed by atoms with Gasteiger partial charge in [0.05, 0.1) is 6.61 Å². The van der Waals surface area contributed by atoms with Gasteiger partial charge >= 0.3 is 0 Å². The molecule has 0 aromatic rings. The molecule has 0 amide bonds. The molecule has 68 valence electrons. The van der Waals surface area contributed by atoms with E-state index in [1.54, 1.807) is 7.11 Å². The van der Waals surface area contributed by atoms with Gasteiger partial charge in [-0.05, 0) is 12.3 Å². The van der Waals surface area contributed by atoms with Crippen LogP contribution in [-0.2, 0) is 4.74 Å². The van der Waals surface area contributed by atoms with Crippen LogP contribution in [0, 0.1) is 0 Å². The van der Waals surface area contributed by atoms with E-state index in [0.29, 0.717) is 6.04 Å². The maximum absolute atomic E-state index is 5.08. The second-order valence-corrected chi connectivity index (χ2v) is 3.69. The van der Waals surface area contributed by atoms with E-state index in [-0.39, 0.29) is 0 Å². The van der Waals surface area contributed by atoms with Gasteiger partial charge in [-0.1, -0.05) is 13.8 Å². The van der Waals surface area contributed by atoms with E-state index in [2.05, 4.69) is 19.2 Å². The van der Waals surface area contributed by atoms with Gasteiger partial charge in [0.25, 0.3) is 0 Å². The molecule has 1 atom stereocenters. The molecular formula is C8H19NOS. The van der Waals surface area contributed by atoms with Gasteiger partial charge in [0.15, 0.2) is 0 Å². The third-order valence-electron chi connectivity index (χ3n) is 1.38. The Balaban J connectivity index is 3.34. The van der Waals surface area contributed by atoms with Crippen molar-refractivity contribution >= 4 is 11.8 Å². The molecule has 0 bridgehead atoms. The topological polar surface area (TPSA) is 21.3 Å². The Labute approximate surface area is 74.1 Å². The molecule has 0 aromatic heterocycles. The molecule has 11 heavy (non-hydrogen) atoms. The summed E-state index contributed by atoms with van der Waals surface area (Å²) >= 11 is 1.95.